The average molecular weight is 301 g/mol. The van der Waals surface area contributed by atoms with Crippen molar-refractivity contribution >= 4 is 34.6 Å². The number of carbonyl (C=O) groups excluding carboxylic acids is 1. The molecule has 74 valence electrons. The van der Waals surface area contributed by atoms with Crippen LogP contribution in [0.4, 0.5) is 0 Å². The minimum Gasteiger partial charge on any atom is -0.353 e. The minimum absolute atomic E-state index is 0.00254. The number of halogens is 1. The number of hydrogen-bond donors (Lipinski definition) is 1. The van der Waals surface area contributed by atoms with Crippen LogP contribution >= 0.6 is 22.6 Å². The lowest BCUT2D eigenvalue weighted by atomic mass is 10.2. The van der Waals surface area contributed by atoms with Crippen LogP contribution in [0.15, 0.2) is 30.3 Å². The van der Waals surface area contributed by atoms with Gasteiger partial charge in [-0.3, -0.25) is 4.79 Å². The lowest BCUT2D eigenvalue weighted by Crippen LogP contribution is -2.19. The molecule has 0 bridgehead atoms. The van der Waals surface area contributed by atoms with Crippen LogP contribution in [-0.2, 0) is 4.79 Å². The monoisotopic (exact) mass is 301 g/mol. The van der Waals surface area contributed by atoms with E-state index in [0.29, 0.717) is 6.54 Å². The molecule has 0 saturated heterocycles. The molecule has 1 N–H and O–H groups in total. The van der Waals surface area contributed by atoms with E-state index in [4.69, 9.17) is 0 Å². The van der Waals surface area contributed by atoms with Gasteiger partial charge in [0.2, 0.25) is 5.91 Å². The maximum Gasteiger partial charge on any atom is 0.217 e. The highest BCUT2D eigenvalue weighted by Crippen LogP contribution is 2.07. The van der Waals surface area contributed by atoms with Gasteiger partial charge in [0.25, 0.3) is 0 Å². The molecular formula is C11H12INO. The van der Waals surface area contributed by atoms with Crippen LogP contribution in [-0.4, -0.2) is 12.5 Å². The van der Waals surface area contributed by atoms with Crippen molar-refractivity contribution in [2.45, 2.75) is 6.92 Å². The third kappa shape index (κ3) is 4.41. The summed E-state index contributed by atoms with van der Waals surface area (Å²) in [6, 6.07) is 8.20. The Morgan fingerprint density at radius 2 is 2.07 bits per heavy atom. The Labute approximate surface area is 97.5 Å². The molecule has 0 saturated carbocycles. The zero-order valence-corrected chi connectivity index (χ0v) is 10.1. The standard InChI is InChI=1S/C11H12INO/c1-9(14)13-8-2-3-10-4-6-11(12)7-5-10/h2-7H,8H2,1H3,(H,13,14). The van der Waals surface area contributed by atoms with E-state index in [1.165, 1.54) is 10.5 Å². The molecular weight excluding hydrogens is 289 g/mol. The fraction of sp³-hybridized carbons (Fsp3) is 0.182. The summed E-state index contributed by atoms with van der Waals surface area (Å²) < 4.78 is 1.22. The van der Waals surface area contributed by atoms with Gasteiger partial charge in [-0.05, 0) is 40.3 Å². The third-order valence-electron chi connectivity index (χ3n) is 1.65. The Morgan fingerprint density at radius 1 is 1.43 bits per heavy atom. The number of hydrogen-bond acceptors (Lipinski definition) is 1. The second-order valence-corrected chi connectivity index (χ2v) is 4.14. The van der Waals surface area contributed by atoms with Gasteiger partial charge >= 0.3 is 0 Å². The average Bonchev–Trinajstić information content (AvgIpc) is 2.15. The number of carbonyl (C=O) groups is 1. The fourth-order valence-corrected chi connectivity index (χ4v) is 1.33. The van der Waals surface area contributed by atoms with Crippen molar-refractivity contribution in [2.75, 3.05) is 6.54 Å². The highest BCUT2D eigenvalue weighted by atomic mass is 127. The molecule has 0 atom stereocenters. The fourth-order valence-electron chi connectivity index (χ4n) is 0.972. The molecule has 0 aliphatic carbocycles. The number of nitrogens with one attached hydrogen (secondary N) is 1. The molecule has 0 unspecified atom stereocenters. The normalized spacial score (nSPS) is 10.4. The molecule has 3 heteroatoms. The smallest absolute Gasteiger partial charge is 0.217 e. The first-order valence-corrected chi connectivity index (χ1v) is 5.43. The highest BCUT2D eigenvalue weighted by Gasteiger charge is 1.87. The Morgan fingerprint density at radius 3 is 2.64 bits per heavy atom. The van der Waals surface area contributed by atoms with Crippen LogP contribution in [0.25, 0.3) is 6.08 Å². The summed E-state index contributed by atoms with van der Waals surface area (Å²) >= 11 is 2.27. The lowest BCUT2D eigenvalue weighted by Gasteiger charge is -1.95. The number of rotatable bonds is 3. The van der Waals surface area contributed by atoms with E-state index in [1.807, 2.05) is 24.3 Å². The summed E-state index contributed by atoms with van der Waals surface area (Å²) in [6.45, 7) is 2.10. The molecule has 1 rings (SSSR count). The van der Waals surface area contributed by atoms with Gasteiger partial charge in [0.1, 0.15) is 0 Å². The maximum atomic E-state index is 10.6. The first-order chi connectivity index (χ1) is 6.68. The van der Waals surface area contributed by atoms with E-state index in [1.54, 1.807) is 0 Å². The van der Waals surface area contributed by atoms with Crippen LogP contribution in [0.5, 0.6) is 0 Å². The van der Waals surface area contributed by atoms with Crippen LogP contribution in [0.2, 0.25) is 0 Å². The van der Waals surface area contributed by atoms with Crippen molar-refractivity contribution in [1.82, 2.24) is 5.32 Å². The predicted molar refractivity (Wildman–Crippen MR) is 66.9 cm³/mol. The van der Waals surface area contributed by atoms with Gasteiger partial charge in [-0.15, -0.1) is 0 Å². The second kappa shape index (κ2) is 5.80. The number of amides is 1. The molecule has 1 aromatic rings. The van der Waals surface area contributed by atoms with Gasteiger partial charge in [0.15, 0.2) is 0 Å². The van der Waals surface area contributed by atoms with E-state index in [0.717, 1.165) is 5.56 Å². The molecule has 0 heterocycles. The molecule has 1 aromatic carbocycles. The molecule has 0 fully saturated rings. The zero-order chi connectivity index (χ0) is 10.4. The molecule has 0 spiro atoms. The van der Waals surface area contributed by atoms with Crippen molar-refractivity contribution < 1.29 is 4.79 Å². The van der Waals surface area contributed by atoms with Gasteiger partial charge in [0, 0.05) is 17.0 Å². The van der Waals surface area contributed by atoms with Gasteiger partial charge in [0.05, 0.1) is 0 Å². The SMILES string of the molecule is CC(=O)NCC=Cc1ccc(I)cc1. The molecule has 14 heavy (non-hydrogen) atoms. The molecule has 2 nitrogen and oxygen atoms in total. The van der Waals surface area contributed by atoms with Crippen molar-refractivity contribution in [3.05, 3.63) is 39.5 Å². The Bertz CT molecular complexity index is 330. The van der Waals surface area contributed by atoms with E-state index >= 15 is 0 Å². The summed E-state index contributed by atoms with van der Waals surface area (Å²) in [5.41, 5.74) is 1.15. The first kappa shape index (κ1) is 11.2. The quantitative estimate of drug-likeness (QED) is 0.854. The van der Waals surface area contributed by atoms with Crippen molar-refractivity contribution in [3.8, 4) is 0 Å². The van der Waals surface area contributed by atoms with Crippen LogP contribution in [0, 0.1) is 3.57 Å². The Balaban J connectivity index is 2.44. The topological polar surface area (TPSA) is 29.1 Å². The third-order valence-corrected chi connectivity index (χ3v) is 2.37. The van der Waals surface area contributed by atoms with Gasteiger partial charge in [-0.2, -0.15) is 0 Å². The maximum absolute atomic E-state index is 10.6. The van der Waals surface area contributed by atoms with Gasteiger partial charge < -0.3 is 5.32 Å². The van der Waals surface area contributed by atoms with Crippen LogP contribution in [0.3, 0.4) is 0 Å². The molecule has 0 aromatic heterocycles. The number of benzene rings is 1. The van der Waals surface area contributed by atoms with Crippen molar-refractivity contribution in [1.29, 1.82) is 0 Å². The lowest BCUT2D eigenvalue weighted by molar-refractivity contribution is -0.118. The largest absolute Gasteiger partial charge is 0.353 e. The second-order valence-electron chi connectivity index (χ2n) is 2.89. The van der Waals surface area contributed by atoms with E-state index in [2.05, 4.69) is 40.0 Å². The summed E-state index contributed by atoms with van der Waals surface area (Å²) in [7, 11) is 0. The van der Waals surface area contributed by atoms with E-state index < -0.39 is 0 Å². The Hall–Kier alpha value is -0.840. The van der Waals surface area contributed by atoms with Crippen molar-refractivity contribution in [2.24, 2.45) is 0 Å². The highest BCUT2D eigenvalue weighted by molar-refractivity contribution is 14.1. The van der Waals surface area contributed by atoms with E-state index in [9.17, 15) is 4.79 Å². The van der Waals surface area contributed by atoms with Crippen molar-refractivity contribution in [3.63, 3.8) is 0 Å². The van der Waals surface area contributed by atoms with Crippen LogP contribution in [0.1, 0.15) is 12.5 Å². The molecule has 0 aliphatic heterocycles. The molecule has 1 amide bonds. The van der Waals surface area contributed by atoms with Gasteiger partial charge in [-0.25, -0.2) is 0 Å². The molecule has 0 aliphatic rings. The van der Waals surface area contributed by atoms with Crippen LogP contribution < -0.4 is 5.32 Å². The first-order valence-electron chi connectivity index (χ1n) is 4.35. The van der Waals surface area contributed by atoms with Gasteiger partial charge in [-0.1, -0.05) is 24.3 Å². The summed E-state index contributed by atoms with van der Waals surface area (Å²) in [5, 5.41) is 2.70. The zero-order valence-electron chi connectivity index (χ0n) is 7.96. The minimum atomic E-state index is -0.00254. The summed E-state index contributed by atoms with van der Waals surface area (Å²) in [6.07, 6.45) is 3.93. The molecule has 0 radical (unpaired) electrons. The Kier molecular flexibility index (Phi) is 4.65. The summed E-state index contributed by atoms with van der Waals surface area (Å²) in [5.74, 6) is -0.00254. The van der Waals surface area contributed by atoms with E-state index in [-0.39, 0.29) is 5.91 Å². The predicted octanol–water partition coefficient (Wildman–Crippen LogP) is 2.44. The summed E-state index contributed by atoms with van der Waals surface area (Å²) in [4.78, 5) is 10.6.